The SMILES string of the molecule is C[C@@H](CS(=O)(=O)CCCCCN1CC(N)=NC1=N)c1ccc(F)c(OCC2CC2)c1. The number of hydrogen-bond acceptors (Lipinski definition) is 5. The largest absolute Gasteiger partial charge is 0.490 e. The predicted molar refractivity (Wildman–Crippen MR) is 116 cm³/mol. The average molecular weight is 439 g/mol. The number of guanidine groups is 1. The molecule has 0 saturated heterocycles. The molecule has 1 fully saturated rings. The van der Waals surface area contributed by atoms with Crippen molar-refractivity contribution in [3.8, 4) is 5.75 Å². The van der Waals surface area contributed by atoms with Gasteiger partial charge in [-0.2, -0.15) is 4.99 Å². The zero-order chi connectivity index (χ0) is 21.7. The number of nitrogens with one attached hydrogen (secondary N) is 1. The number of nitrogens with zero attached hydrogens (tertiary/aromatic N) is 2. The Balaban J connectivity index is 1.41. The third-order valence-corrected chi connectivity index (χ3v) is 7.40. The van der Waals surface area contributed by atoms with E-state index in [-0.39, 0.29) is 29.1 Å². The lowest BCUT2D eigenvalue weighted by atomic mass is 10.0. The van der Waals surface area contributed by atoms with Crippen LogP contribution in [0.1, 0.15) is 50.5 Å². The van der Waals surface area contributed by atoms with Crippen LogP contribution in [0.5, 0.6) is 5.75 Å². The molecule has 9 heteroatoms. The summed E-state index contributed by atoms with van der Waals surface area (Å²) in [6.45, 7) is 3.49. The molecule has 2 aliphatic rings. The van der Waals surface area contributed by atoms with Crippen LogP contribution in [0.3, 0.4) is 0 Å². The quantitative estimate of drug-likeness (QED) is 0.488. The van der Waals surface area contributed by atoms with Crippen molar-refractivity contribution in [2.45, 2.75) is 44.9 Å². The maximum atomic E-state index is 14.0. The van der Waals surface area contributed by atoms with Crippen LogP contribution in [0.2, 0.25) is 0 Å². The number of rotatable bonds is 12. The second-order valence-electron chi connectivity index (χ2n) is 8.37. The molecule has 1 aliphatic heterocycles. The van der Waals surface area contributed by atoms with Crippen LogP contribution in [0.25, 0.3) is 0 Å². The molecular formula is C21H31FN4O3S. The van der Waals surface area contributed by atoms with E-state index in [0.29, 0.717) is 37.9 Å². The van der Waals surface area contributed by atoms with E-state index >= 15 is 0 Å². The zero-order valence-electron chi connectivity index (χ0n) is 17.4. The second-order valence-corrected chi connectivity index (χ2v) is 10.6. The first-order valence-electron chi connectivity index (χ1n) is 10.5. The maximum Gasteiger partial charge on any atom is 0.219 e. The van der Waals surface area contributed by atoms with Crippen molar-refractivity contribution in [2.75, 3.05) is 31.2 Å². The fourth-order valence-electron chi connectivity index (χ4n) is 3.49. The van der Waals surface area contributed by atoms with Crippen molar-refractivity contribution >= 4 is 21.6 Å². The third kappa shape index (κ3) is 6.68. The van der Waals surface area contributed by atoms with Crippen molar-refractivity contribution in [2.24, 2.45) is 16.6 Å². The normalized spacial score (nSPS) is 17.9. The molecule has 0 radical (unpaired) electrons. The first kappa shape index (κ1) is 22.5. The highest BCUT2D eigenvalue weighted by atomic mass is 32.2. The monoisotopic (exact) mass is 438 g/mol. The van der Waals surface area contributed by atoms with Crippen molar-refractivity contribution < 1.29 is 17.5 Å². The van der Waals surface area contributed by atoms with Gasteiger partial charge in [0, 0.05) is 6.54 Å². The van der Waals surface area contributed by atoms with E-state index in [4.69, 9.17) is 15.9 Å². The molecule has 30 heavy (non-hydrogen) atoms. The topological polar surface area (TPSA) is 109 Å². The number of aliphatic imine (C=N–C) groups is 1. The van der Waals surface area contributed by atoms with Crippen LogP contribution in [-0.2, 0) is 9.84 Å². The summed E-state index contributed by atoms with van der Waals surface area (Å²) in [7, 11) is -3.22. The van der Waals surface area contributed by atoms with Crippen LogP contribution >= 0.6 is 0 Å². The van der Waals surface area contributed by atoms with Gasteiger partial charge in [-0.25, -0.2) is 12.8 Å². The van der Waals surface area contributed by atoms with Crippen LogP contribution in [-0.4, -0.2) is 56.3 Å². The van der Waals surface area contributed by atoms with Gasteiger partial charge in [0.2, 0.25) is 5.96 Å². The summed E-state index contributed by atoms with van der Waals surface area (Å²) in [5.41, 5.74) is 6.38. The fourth-order valence-corrected chi connectivity index (χ4v) is 5.25. The minimum Gasteiger partial charge on any atom is -0.490 e. The minimum atomic E-state index is -3.22. The van der Waals surface area contributed by atoms with E-state index in [2.05, 4.69) is 4.99 Å². The van der Waals surface area contributed by atoms with Gasteiger partial charge in [0.1, 0.15) is 5.84 Å². The molecule has 166 valence electrons. The summed E-state index contributed by atoms with van der Waals surface area (Å²) in [5.74, 6) is 0.859. The lowest BCUT2D eigenvalue weighted by Crippen LogP contribution is -2.30. The number of nitrogens with two attached hydrogens (primary N) is 1. The van der Waals surface area contributed by atoms with Crippen LogP contribution in [0, 0.1) is 17.1 Å². The Morgan fingerprint density at radius 1 is 1.33 bits per heavy atom. The zero-order valence-corrected chi connectivity index (χ0v) is 18.3. The Bertz CT molecular complexity index is 900. The van der Waals surface area contributed by atoms with Gasteiger partial charge in [-0.15, -0.1) is 0 Å². The number of amidine groups is 1. The van der Waals surface area contributed by atoms with Gasteiger partial charge in [0.25, 0.3) is 0 Å². The van der Waals surface area contributed by atoms with Gasteiger partial charge in [-0.3, -0.25) is 5.41 Å². The predicted octanol–water partition coefficient (Wildman–Crippen LogP) is 2.91. The molecule has 1 aromatic carbocycles. The van der Waals surface area contributed by atoms with Crippen molar-refractivity contribution in [1.29, 1.82) is 5.41 Å². The summed E-state index contributed by atoms with van der Waals surface area (Å²) >= 11 is 0. The van der Waals surface area contributed by atoms with Crippen LogP contribution in [0.4, 0.5) is 4.39 Å². The molecule has 3 rings (SSSR count). The lowest BCUT2D eigenvalue weighted by Gasteiger charge is -2.16. The minimum absolute atomic E-state index is 0.0296. The number of sulfone groups is 1. The van der Waals surface area contributed by atoms with E-state index in [1.807, 2.05) is 6.92 Å². The standard InChI is InChI=1S/C21H31FN4O3S/c1-15(17-7-8-18(22)19(11-17)29-13-16-5-6-16)14-30(27,28)10-4-2-3-9-26-12-20(23)25-21(26)24/h7-8,11,15-16H,2-6,9-10,12-14H2,1H3,(H3,23,24,25)/t15-/m0/s1. The first-order chi connectivity index (χ1) is 14.2. The van der Waals surface area contributed by atoms with Gasteiger partial charge in [-0.05, 0) is 55.2 Å². The summed E-state index contributed by atoms with van der Waals surface area (Å²) in [5, 5.41) is 7.68. The Kier molecular flexibility index (Phi) is 7.33. The van der Waals surface area contributed by atoms with E-state index < -0.39 is 15.7 Å². The summed E-state index contributed by atoms with van der Waals surface area (Å²) in [6, 6.07) is 4.63. The third-order valence-electron chi connectivity index (χ3n) is 5.48. The molecule has 1 aromatic rings. The van der Waals surface area contributed by atoms with Crippen LogP contribution < -0.4 is 10.5 Å². The molecule has 0 aromatic heterocycles. The number of halogens is 1. The fraction of sp³-hybridized carbons (Fsp3) is 0.619. The molecule has 1 saturated carbocycles. The highest BCUT2D eigenvalue weighted by Gasteiger charge is 2.23. The van der Waals surface area contributed by atoms with Crippen molar-refractivity contribution in [1.82, 2.24) is 4.90 Å². The second kappa shape index (κ2) is 9.76. The van der Waals surface area contributed by atoms with E-state index in [9.17, 15) is 12.8 Å². The molecule has 7 nitrogen and oxygen atoms in total. The summed E-state index contributed by atoms with van der Waals surface area (Å²) < 4.78 is 44.6. The number of hydrogen-bond donors (Lipinski definition) is 2. The van der Waals surface area contributed by atoms with Gasteiger partial charge < -0.3 is 15.4 Å². The van der Waals surface area contributed by atoms with Crippen LogP contribution in [0.15, 0.2) is 23.2 Å². The Morgan fingerprint density at radius 2 is 2.10 bits per heavy atom. The molecule has 3 N–H and O–H groups in total. The van der Waals surface area contributed by atoms with Gasteiger partial charge in [0.05, 0.1) is 24.7 Å². The molecule has 0 spiro atoms. The Morgan fingerprint density at radius 3 is 2.77 bits per heavy atom. The summed E-state index contributed by atoms with van der Waals surface area (Å²) in [4.78, 5) is 5.66. The number of unbranched alkanes of at least 4 members (excludes halogenated alkanes) is 2. The molecular weight excluding hydrogens is 407 g/mol. The van der Waals surface area contributed by atoms with Gasteiger partial charge in [-0.1, -0.05) is 19.4 Å². The van der Waals surface area contributed by atoms with Gasteiger partial charge in [0.15, 0.2) is 21.4 Å². The van der Waals surface area contributed by atoms with Crippen molar-refractivity contribution in [3.05, 3.63) is 29.6 Å². The number of ether oxygens (including phenoxy) is 1. The molecule has 0 bridgehead atoms. The molecule has 1 atom stereocenters. The van der Waals surface area contributed by atoms with Crippen molar-refractivity contribution in [3.63, 3.8) is 0 Å². The smallest absolute Gasteiger partial charge is 0.219 e. The first-order valence-corrected chi connectivity index (χ1v) is 12.3. The molecule has 0 unspecified atom stereocenters. The Labute approximate surface area is 177 Å². The van der Waals surface area contributed by atoms with E-state index in [0.717, 1.165) is 31.2 Å². The van der Waals surface area contributed by atoms with E-state index in [1.54, 1.807) is 17.0 Å². The molecule has 1 heterocycles. The number of benzene rings is 1. The maximum absolute atomic E-state index is 14.0. The molecule has 0 amide bonds. The Hall–Kier alpha value is -2.16. The highest BCUT2D eigenvalue weighted by Crippen LogP contribution is 2.31. The summed E-state index contributed by atoms with van der Waals surface area (Å²) in [6.07, 6.45) is 4.37. The molecule has 1 aliphatic carbocycles. The average Bonchev–Trinajstić information content (AvgIpc) is 3.44. The lowest BCUT2D eigenvalue weighted by molar-refractivity contribution is 0.285. The highest BCUT2D eigenvalue weighted by molar-refractivity contribution is 7.91. The van der Waals surface area contributed by atoms with E-state index in [1.165, 1.54) is 6.07 Å². The van der Waals surface area contributed by atoms with Gasteiger partial charge >= 0.3 is 0 Å².